The molecule has 0 aliphatic carbocycles. The van der Waals surface area contributed by atoms with Crippen molar-refractivity contribution in [3.63, 3.8) is 0 Å². The molecular weight excluding hydrogens is 588 g/mol. The van der Waals surface area contributed by atoms with Crippen LogP contribution in [-0.2, 0) is 0 Å². The highest BCUT2D eigenvalue weighted by Gasteiger charge is 2.20. The van der Waals surface area contributed by atoms with Gasteiger partial charge in [-0.05, 0) is 94.0 Å². The molecule has 222 valence electrons. The molecule has 0 spiro atoms. The Morgan fingerprint density at radius 3 is 1.46 bits per heavy atom. The van der Waals surface area contributed by atoms with Crippen LogP contribution in [0.25, 0.3) is 88.4 Å². The van der Waals surface area contributed by atoms with Gasteiger partial charge in [0.15, 0.2) is 0 Å². The minimum atomic E-state index is 0.565. The molecule has 0 bridgehead atoms. The Kier molecular flexibility index (Phi) is 6.22. The number of benzene rings is 7. The van der Waals surface area contributed by atoms with Crippen LogP contribution in [0.4, 0.5) is 0 Å². The van der Waals surface area contributed by atoms with Gasteiger partial charge in [0.05, 0.1) is 17.2 Å². The number of fused-ring (bicyclic) bond motifs is 6. The smallest absolute Gasteiger partial charge is 0.135 e. The van der Waals surface area contributed by atoms with E-state index in [2.05, 4.69) is 60.7 Å². The third-order valence-corrected chi connectivity index (χ3v) is 9.17. The lowest BCUT2D eigenvalue weighted by molar-refractivity contribution is 0.668. The van der Waals surface area contributed by atoms with Gasteiger partial charge in [-0.25, -0.2) is 0 Å². The summed E-state index contributed by atoms with van der Waals surface area (Å²) in [4.78, 5) is 0. The summed E-state index contributed by atoms with van der Waals surface area (Å²) in [6, 6.07) is 53.3. The molecule has 9 aromatic rings. The van der Waals surface area contributed by atoms with Gasteiger partial charge >= 0.3 is 0 Å². The number of para-hydroxylation sites is 2. The molecule has 9 rings (SSSR count). The molecule has 0 amide bonds. The van der Waals surface area contributed by atoms with Gasteiger partial charge in [0, 0.05) is 32.7 Å². The maximum Gasteiger partial charge on any atom is 0.135 e. The van der Waals surface area contributed by atoms with E-state index < -0.39 is 0 Å². The first-order valence-corrected chi connectivity index (χ1v) is 15.7. The van der Waals surface area contributed by atoms with Crippen LogP contribution in [0.15, 0.2) is 154 Å². The van der Waals surface area contributed by atoms with Crippen molar-refractivity contribution in [3.8, 4) is 56.6 Å². The lowest BCUT2D eigenvalue weighted by atomic mass is 9.85. The van der Waals surface area contributed by atoms with E-state index in [4.69, 9.17) is 8.83 Å². The average Bonchev–Trinajstić information content (AvgIpc) is 3.72. The fraction of sp³-hybridized carbons (Fsp3) is 0. The minimum absolute atomic E-state index is 0.565. The fourth-order valence-corrected chi connectivity index (χ4v) is 6.88. The number of hydrogen-bond acceptors (Lipinski definition) is 4. The molecule has 0 saturated carbocycles. The molecule has 0 atom stereocenters. The molecule has 0 aliphatic heterocycles. The van der Waals surface area contributed by atoms with Gasteiger partial charge in [0.2, 0.25) is 0 Å². The predicted molar refractivity (Wildman–Crippen MR) is 192 cm³/mol. The number of nitriles is 2. The second-order valence-electron chi connectivity index (χ2n) is 11.9. The normalized spacial score (nSPS) is 11.3. The van der Waals surface area contributed by atoms with E-state index in [1.54, 1.807) is 0 Å². The largest absolute Gasteiger partial charge is 0.456 e. The van der Waals surface area contributed by atoms with Gasteiger partial charge < -0.3 is 8.83 Å². The maximum absolute atomic E-state index is 10.9. The van der Waals surface area contributed by atoms with Crippen LogP contribution in [0.3, 0.4) is 0 Å². The Morgan fingerprint density at radius 1 is 0.354 bits per heavy atom. The van der Waals surface area contributed by atoms with Crippen LogP contribution in [-0.4, -0.2) is 0 Å². The lowest BCUT2D eigenvalue weighted by Crippen LogP contribution is -1.95. The second kappa shape index (κ2) is 10.9. The number of furan rings is 2. The molecule has 48 heavy (non-hydrogen) atoms. The monoisotopic (exact) mass is 612 g/mol. The standard InChI is InChI=1S/C44H24N2O2/c45-25-27-14-17-32(28-8-2-1-3-9-28)35(20-27)31-23-36(29-15-18-43-38(21-29)33-10-4-6-12-41(33)47-43)40(26-46)37(24-31)30-16-19-44-39(22-30)34-11-5-7-13-42(34)48-44/h1-24H. The Hall–Kier alpha value is -6.88. The van der Waals surface area contributed by atoms with E-state index in [1.807, 2.05) is 97.1 Å². The fourth-order valence-electron chi connectivity index (χ4n) is 6.88. The quantitative estimate of drug-likeness (QED) is 0.198. The zero-order valence-corrected chi connectivity index (χ0v) is 25.6. The van der Waals surface area contributed by atoms with E-state index in [9.17, 15) is 10.5 Å². The van der Waals surface area contributed by atoms with Crippen molar-refractivity contribution >= 4 is 43.9 Å². The number of nitrogens with zero attached hydrogens (tertiary/aromatic N) is 2. The molecule has 4 heteroatoms. The van der Waals surface area contributed by atoms with Crippen LogP contribution in [0.5, 0.6) is 0 Å². The summed E-state index contributed by atoms with van der Waals surface area (Å²) >= 11 is 0. The molecule has 0 N–H and O–H groups in total. The zero-order valence-electron chi connectivity index (χ0n) is 25.6. The van der Waals surface area contributed by atoms with E-state index in [0.29, 0.717) is 11.1 Å². The van der Waals surface area contributed by atoms with Crippen LogP contribution >= 0.6 is 0 Å². The highest BCUT2D eigenvalue weighted by Crippen LogP contribution is 2.43. The van der Waals surface area contributed by atoms with Crippen molar-refractivity contribution in [2.24, 2.45) is 0 Å². The summed E-state index contributed by atoms with van der Waals surface area (Å²) in [5.41, 5.74) is 11.6. The van der Waals surface area contributed by atoms with E-state index in [0.717, 1.165) is 88.4 Å². The van der Waals surface area contributed by atoms with Crippen molar-refractivity contribution in [1.82, 2.24) is 0 Å². The summed E-state index contributed by atoms with van der Waals surface area (Å²) in [6.07, 6.45) is 0. The Labute approximate surface area is 275 Å². The van der Waals surface area contributed by atoms with Gasteiger partial charge in [-0.15, -0.1) is 0 Å². The SMILES string of the molecule is N#Cc1ccc(-c2ccccc2)c(-c2cc(-c3ccc4oc5ccccc5c4c3)c(C#N)c(-c3ccc4oc5ccccc5c4c3)c2)c1. The highest BCUT2D eigenvalue weighted by molar-refractivity contribution is 6.08. The Bertz CT molecular complexity index is 2670. The molecule has 7 aromatic carbocycles. The number of hydrogen-bond donors (Lipinski definition) is 0. The zero-order chi connectivity index (χ0) is 32.2. The molecular formula is C44H24N2O2. The molecule has 4 nitrogen and oxygen atoms in total. The van der Waals surface area contributed by atoms with Crippen LogP contribution in [0.1, 0.15) is 11.1 Å². The molecule has 0 saturated heterocycles. The molecule has 0 radical (unpaired) electrons. The lowest BCUT2D eigenvalue weighted by Gasteiger charge is -2.17. The minimum Gasteiger partial charge on any atom is -0.456 e. The van der Waals surface area contributed by atoms with Gasteiger partial charge in [-0.1, -0.05) is 84.9 Å². The van der Waals surface area contributed by atoms with Crippen LogP contribution in [0.2, 0.25) is 0 Å². The molecule has 2 heterocycles. The first-order valence-electron chi connectivity index (χ1n) is 15.7. The summed E-state index contributed by atoms with van der Waals surface area (Å²) in [7, 11) is 0. The van der Waals surface area contributed by atoms with E-state index in [1.165, 1.54) is 0 Å². The predicted octanol–water partition coefficient (Wildman–Crippen LogP) is 11.9. The van der Waals surface area contributed by atoms with Crippen LogP contribution in [0, 0.1) is 22.7 Å². The third-order valence-electron chi connectivity index (χ3n) is 9.17. The topological polar surface area (TPSA) is 73.9 Å². The summed E-state index contributed by atoms with van der Waals surface area (Å²) in [6.45, 7) is 0. The van der Waals surface area contributed by atoms with Crippen molar-refractivity contribution in [1.29, 1.82) is 10.5 Å². The summed E-state index contributed by atoms with van der Waals surface area (Å²) in [5, 5.41) is 24.8. The summed E-state index contributed by atoms with van der Waals surface area (Å²) < 4.78 is 12.3. The second-order valence-corrected chi connectivity index (χ2v) is 11.9. The first kappa shape index (κ1) is 27.4. The van der Waals surface area contributed by atoms with Crippen LogP contribution < -0.4 is 0 Å². The Balaban J connectivity index is 1.36. The molecule has 0 unspecified atom stereocenters. The average molecular weight is 613 g/mol. The van der Waals surface area contributed by atoms with Gasteiger partial charge in [-0.3, -0.25) is 0 Å². The van der Waals surface area contributed by atoms with Crippen molar-refractivity contribution in [2.45, 2.75) is 0 Å². The van der Waals surface area contributed by atoms with Crippen molar-refractivity contribution in [3.05, 3.63) is 157 Å². The van der Waals surface area contributed by atoms with Gasteiger partial charge in [0.25, 0.3) is 0 Å². The number of rotatable bonds is 4. The highest BCUT2D eigenvalue weighted by atomic mass is 16.3. The maximum atomic E-state index is 10.9. The van der Waals surface area contributed by atoms with Gasteiger partial charge in [0.1, 0.15) is 28.4 Å². The van der Waals surface area contributed by atoms with E-state index in [-0.39, 0.29) is 0 Å². The molecule has 2 aromatic heterocycles. The first-order chi connectivity index (χ1) is 23.7. The van der Waals surface area contributed by atoms with Crippen molar-refractivity contribution in [2.75, 3.05) is 0 Å². The Morgan fingerprint density at radius 2 is 0.896 bits per heavy atom. The molecule has 0 aliphatic rings. The third kappa shape index (κ3) is 4.36. The molecule has 0 fully saturated rings. The summed E-state index contributed by atoms with van der Waals surface area (Å²) in [5.74, 6) is 0. The van der Waals surface area contributed by atoms with E-state index >= 15 is 0 Å². The van der Waals surface area contributed by atoms with Crippen molar-refractivity contribution < 1.29 is 8.83 Å². The van der Waals surface area contributed by atoms with Gasteiger partial charge in [-0.2, -0.15) is 10.5 Å².